The third kappa shape index (κ3) is 2.52. The Morgan fingerprint density at radius 1 is 1.50 bits per heavy atom. The van der Waals surface area contributed by atoms with Crippen molar-refractivity contribution in [2.24, 2.45) is 0 Å². The minimum atomic E-state index is 0.475. The molecule has 2 heterocycles. The van der Waals surface area contributed by atoms with Gasteiger partial charge in [-0.3, -0.25) is 0 Å². The number of anilines is 1. The molecule has 0 aliphatic rings. The van der Waals surface area contributed by atoms with Gasteiger partial charge in [-0.2, -0.15) is 11.8 Å². The number of alkyl halides is 1. The molecule has 1 atom stereocenters. The number of thioether (sulfide) groups is 1. The summed E-state index contributed by atoms with van der Waals surface area (Å²) in [4.78, 5) is 7.00. The van der Waals surface area contributed by atoms with Crippen LogP contribution in [-0.2, 0) is 5.33 Å². The smallest absolute Gasteiger partial charge is 0.152 e. The van der Waals surface area contributed by atoms with Crippen molar-refractivity contribution in [2.45, 2.75) is 18.3 Å². The third-order valence-electron chi connectivity index (χ3n) is 3.14. The molecule has 0 N–H and O–H groups in total. The van der Waals surface area contributed by atoms with Crippen molar-refractivity contribution in [3.63, 3.8) is 0 Å². The van der Waals surface area contributed by atoms with Gasteiger partial charge in [0.05, 0.1) is 5.69 Å². The summed E-state index contributed by atoms with van der Waals surface area (Å²) in [6, 6.07) is 6.58. The SMILES string of the molecule is CSCC(C)N(C)c1nc2ccccn2c1CBr. The fourth-order valence-corrected chi connectivity index (χ4v) is 3.23. The summed E-state index contributed by atoms with van der Waals surface area (Å²) >= 11 is 5.44. The lowest BCUT2D eigenvalue weighted by Gasteiger charge is -2.25. The first kappa shape index (κ1) is 13.7. The lowest BCUT2D eigenvalue weighted by molar-refractivity contribution is 0.753. The normalized spacial score (nSPS) is 12.9. The average molecular weight is 328 g/mol. The van der Waals surface area contributed by atoms with E-state index in [0.717, 1.165) is 22.5 Å². The van der Waals surface area contributed by atoms with Gasteiger partial charge in [0.15, 0.2) is 5.82 Å². The Morgan fingerprint density at radius 2 is 2.28 bits per heavy atom. The largest absolute Gasteiger partial charge is 0.355 e. The molecule has 0 saturated carbocycles. The maximum atomic E-state index is 4.74. The summed E-state index contributed by atoms with van der Waals surface area (Å²) in [5.74, 6) is 2.17. The molecule has 2 aromatic rings. The molecular weight excluding hydrogens is 310 g/mol. The van der Waals surface area contributed by atoms with Crippen LogP contribution in [0.4, 0.5) is 5.82 Å². The van der Waals surface area contributed by atoms with Crippen molar-refractivity contribution >= 4 is 39.2 Å². The highest BCUT2D eigenvalue weighted by Gasteiger charge is 2.18. The van der Waals surface area contributed by atoms with E-state index in [1.807, 2.05) is 30.0 Å². The number of nitrogens with zero attached hydrogens (tertiary/aromatic N) is 3. The van der Waals surface area contributed by atoms with Gasteiger partial charge in [0.25, 0.3) is 0 Å². The molecule has 2 rings (SSSR count). The average Bonchev–Trinajstić information content (AvgIpc) is 2.76. The number of fused-ring (bicyclic) bond motifs is 1. The van der Waals surface area contributed by atoms with Gasteiger partial charge in [0.1, 0.15) is 5.65 Å². The summed E-state index contributed by atoms with van der Waals surface area (Å²) in [6.07, 6.45) is 4.20. The molecule has 0 bridgehead atoms. The highest BCUT2D eigenvalue weighted by Crippen LogP contribution is 2.25. The zero-order chi connectivity index (χ0) is 13.1. The van der Waals surface area contributed by atoms with E-state index >= 15 is 0 Å². The summed E-state index contributed by atoms with van der Waals surface area (Å²) in [5, 5.41) is 0.809. The number of aromatic nitrogens is 2. The second kappa shape index (κ2) is 5.97. The second-order valence-corrected chi connectivity index (χ2v) is 5.83. The molecule has 0 aromatic carbocycles. The molecule has 0 radical (unpaired) electrons. The van der Waals surface area contributed by atoms with Gasteiger partial charge in [-0.1, -0.05) is 22.0 Å². The van der Waals surface area contributed by atoms with E-state index in [2.05, 4.69) is 51.7 Å². The predicted octanol–water partition coefficient (Wildman–Crippen LogP) is 3.42. The molecule has 2 aromatic heterocycles. The third-order valence-corrected chi connectivity index (χ3v) is 4.48. The number of pyridine rings is 1. The molecule has 0 aliphatic carbocycles. The highest BCUT2D eigenvalue weighted by atomic mass is 79.9. The molecule has 98 valence electrons. The highest BCUT2D eigenvalue weighted by molar-refractivity contribution is 9.08. The van der Waals surface area contributed by atoms with E-state index in [1.54, 1.807) is 0 Å². The van der Waals surface area contributed by atoms with Crippen LogP contribution in [0.1, 0.15) is 12.6 Å². The van der Waals surface area contributed by atoms with Crippen LogP contribution in [0.25, 0.3) is 5.65 Å². The van der Waals surface area contributed by atoms with Crippen molar-refractivity contribution in [3.8, 4) is 0 Å². The van der Waals surface area contributed by atoms with Gasteiger partial charge in [-0.25, -0.2) is 4.98 Å². The van der Waals surface area contributed by atoms with Crippen LogP contribution in [0.5, 0.6) is 0 Å². The molecule has 0 aliphatic heterocycles. The summed E-state index contributed by atoms with van der Waals surface area (Å²) in [5.41, 5.74) is 2.21. The Labute approximate surface area is 121 Å². The van der Waals surface area contributed by atoms with Gasteiger partial charge < -0.3 is 9.30 Å². The lowest BCUT2D eigenvalue weighted by Crippen LogP contribution is -2.31. The Morgan fingerprint density at radius 3 is 2.94 bits per heavy atom. The van der Waals surface area contributed by atoms with Gasteiger partial charge in [0.2, 0.25) is 0 Å². The topological polar surface area (TPSA) is 20.5 Å². The number of imidazole rings is 1. The fourth-order valence-electron chi connectivity index (χ4n) is 2.00. The van der Waals surface area contributed by atoms with Gasteiger partial charge in [-0.15, -0.1) is 0 Å². The molecule has 5 heteroatoms. The van der Waals surface area contributed by atoms with Crippen molar-refractivity contribution in [1.29, 1.82) is 0 Å². The van der Waals surface area contributed by atoms with Crippen molar-refractivity contribution in [2.75, 3.05) is 24.0 Å². The Kier molecular flexibility index (Phi) is 4.56. The van der Waals surface area contributed by atoms with Crippen LogP contribution in [-0.4, -0.2) is 34.5 Å². The molecule has 1 unspecified atom stereocenters. The number of rotatable bonds is 5. The predicted molar refractivity (Wildman–Crippen MR) is 84.1 cm³/mol. The van der Waals surface area contributed by atoms with Gasteiger partial charge in [0, 0.05) is 30.4 Å². The van der Waals surface area contributed by atoms with E-state index in [1.165, 1.54) is 5.69 Å². The first-order valence-electron chi connectivity index (χ1n) is 5.92. The molecule has 0 spiro atoms. The second-order valence-electron chi connectivity index (χ2n) is 4.36. The van der Waals surface area contributed by atoms with E-state index < -0.39 is 0 Å². The molecule has 0 fully saturated rings. The van der Waals surface area contributed by atoms with Crippen LogP contribution >= 0.6 is 27.7 Å². The fraction of sp³-hybridized carbons (Fsp3) is 0.462. The van der Waals surface area contributed by atoms with E-state index in [9.17, 15) is 0 Å². The monoisotopic (exact) mass is 327 g/mol. The summed E-state index contributed by atoms with van der Waals surface area (Å²) in [7, 11) is 2.12. The molecule has 0 amide bonds. The number of hydrogen-bond donors (Lipinski definition) is 0. The first-order chi connectivity index (χ1) is 8.69. The molecular formula is C13H18BrN3S. The minimum Gasteiger partial charge on any atom is -0.355 e. The Balaban J connectivity index is 2.43. The molecule has 3 nitrogen and oxygen atoms in total. The molecule has 0 saturated heterocycles. The summed E-state index contributed by atoms with van der Waals surface area (Å²) in [6.45, 7) is 2.23. The quantitative estimate of drug-likeness (QED) is 0.785. The Hall–Kier alpha value is -0.680. The van der Waals surface area contributed by atoms with Crippen molar-refractivity contribution in [3.05, 3.63) is 30.1 Å². The van der Waals surface area contributed by atoms with Crippen LogP contribution in [0.3, 0.4) is 0 Å². The van der Waals surface area contributed by atoms with E-state index in [4.69, 9.17) is 4.98 Å². The lowest BCUT2D eigenvalue weighted by atomic mass is 10.3. The number of hydrogen-bond acceptors (Lipinski definition) is 3. The zero-order valence-corrected chi connectivity index (χ0v) is 13.3. The van der Waals surface area contributed by atoms with Crippen LogP contribution in [0.15, 0.2) is 24.4 Å². The zero-order valence-electron chi connectivity index (χ0n) is 10.9. The maximum Gasteiger partial charge on any atom is 0.152 e. The Bertz CT molecular complexity index is 526. The van der Waals surface area contributed by atoms with Crippen LogP contribution in [0, 0.1) is 0 Å². The standard InChI is InChI=1S/C13H18BrN3S/c1-10(9-18-3)16(2)13-11(8-14)17-7-5-4-6-12(17)15-13/h4-7,10H,8-9H2,1-3H3. The van der Waals surface area contributed by atoms with Crippen molar-refractivity contribution in [1.82, 2.24) is 9.38 Å². The van der Waals surface area contributed by atoms with Gasteiger partial charge >= 0.3 is 0 Å². The van der Waals surface area contributed by atoms with Crippen molar-refractivity contribution < 1.29 is 0 Å². The summed E-state index contributed by atoms with van der Waals surface area (Å²) < 4.78 is 2.15. The first-order valence-corrected chi connectivity index (χ1v) is 8.44. The van der Waals surface area contributed by atoms with Crippen LogP contribution in [0.2, 0.25) is 0 Å². The maximum absolute atomic E-state index is 4.74. The number of halogens is 1. The molecule has 18 heavy (non-hydrogen) atoms. The minimum absolute atomic E-state index is 0.475. The van der Waals surface area contributed by atoms with E-state index in [0.29, 0.717) is 6.04 Å². The van der Waals surface area contributed by atoms with Crippen LogP contribution < -0.4 is 4.90 Å². The van der Waals surface area contributed by atoms with Gasteiger partial charge in [-0.05, 0) is 25.3 Å². The van der Waals surface area contributed by atoms with E-state index in [-0.39, 0.29) is 0 Å².